The molecule has 2 atom stereocenters. The average molecular weight is 254 g/mol. The molecule has 98 valence electrons. The second-order valence-electron chi connectivity index (χ2n) is 4.82. The van der Waals surface area contributed by atoms with Crippen LogP contribution in [0.2, 0.25) is 0 Å². The molecule has 0 saturated carbocycles. The first kappa shape index (κ1) is 13.0. The summed E-state index contributed by atoms with van der Waals surface area (Å²) in [4.78, 5) is 12.3. The summed E-state index contributed by atoms with van der Waals surface area (Å²) in [6, 6.07) is 2.47. The third-order valence-corrected chi connectivity index (χ3v) is 3.09. The van der Waals surface area contributed by atoms with Gasteiger partial charge in [-0.3, -0.25) is 4.79 Å². The SMILES string of the molecule is CC1CN(c2cc(F)c(C=O)cc2F)CC(C)N1. The summed E-state index contributed by atoms with van der Waals surface area (Å²) >= 11 is 0. The lowest BCUT2D eigenvalue weighted by Crippen LogP contribution is -2.54. The zero-order chi connectivity index (χ0) is 13.3. The van der Waals surface area contributed by atoms with E-state index >= 15 is 0 Å². The van der Waals surface area contributed by atoms with Crippen molar-refractivity contribution in [1.82, 2.24) is 5.32 Å². The van der Waals surface area contributed by atoms with Gasteiger partial charge in [0, 0.05) is 31.2 Å². The van der Waals surface area contributed by atoms with Gasteiger partial charge in [0.1, 0.15) is 11.6 Å². The molecule has 2 rings (SSSR count). The standard InChI is InChI=1S/C13H16F2N2O/c1-8-5-17(6-9(2)16-8)13-4-11(14)10(7-18)3-12(13)15/h3-4,7-9,16H,5-6H2,1-2H3. The van der Waals surface area contributed by atoms with Gasteiger partial charge in [-0.25, -0.2) is 8.78 Å². The maximum atomic E-state index is 13.9. The summed E-state index contributed by atoms with van der Waals surface area (Å²) < 4.78 is 27.4. The molecule has 1 aliphatic rings. The summed E-state index contributed by atoms with van der Waals surface area (Å²) in [5, 5.41) is 3.32. The second kappa shape index (κ2) is 5.02. The van der Waals surface area contributed by atoms with Crippen molar-refractivity contribution in [3.05, 3.63) is 29.3 Å². The molecule has 1 fully saturated rings. The molecule has 0 amide bonds. The normalized spacial score (nSPS) is 24.1. The Labute approximate surface area is 105 Å². The molecule has 0 aliphatic carbocycles. The molecule has 5 heteroatoms. The van der Waals surface area contributed by atoms with Crippen LogP contribution in [0, 0.1) is 11.6 Å². The lowest BCUT2D eigenvalue weighted by atomic mass is 10.1. The highest BCUT2D eigenvalue weighted by Crippen LogP contribution is 2.24. The predicted octanol–water partition coefficient (Wildman–Crippen LogP) is 1.96. The van der Waals surface area contributed by atoms with Crippen molar-refractivity contribution < 1.29 is 13.6 Å². The number of hydrogen-bond donors (Lipinski definition) is 1. The number of aldehydes is 1. The summed E-state index contributed by atoms with van der Waals surface area (Å²) in [6.45, 7) is 5.22. The summed E-state index contributed by atoms with van der Waals surface area (Å²) in [5.41, 5.74) is -0.0224. The second-order valence-corrected chi connectivity index (χ2v) is 4.82. The molecule has 1 aliphatic heterocycles. The molecule has 1 heterocycles. The van der Waals surface area contributed by atoms with Crippen LogP contribution in [-0.2, 0) is 0 Å². The van der Waals surface area contributed by atoms with Crippen molar-refractivity contribution in [3.8, 4) is 0 Å². The highest BCUT2D eigenvalue weighted by molar-refractivity contribution is 5.76. The number of rotatable bonds is 2. The van der Waals surface area contributed by atoms with E-state index in [-0.39, 0.29) is 23.3 Å². The fourth-order valence-electron chi connectivity index (χ4n) is 2.41. The van der Waals surface area contributed by atoms with E-state index in [4.69, 9.17) is 0 Å². The van der Waals surface area contributed by atoms with Gasteiger partial charge >= 0.3 is 0 Å². The van der Waals surface area contributed by atoms with Gasteiger partial charge in [-0.1, -0.05) is 0 Å². The number of halogens is 2. The Bertz CT molecular complexity index is 455. The smallest absolute Gasteiger partial charge is 0.153 e. The van der Waals surface area contributed by atoms with Crippen LogP contribution >= 0.6 is 0 Å². The molecule has 1 aromatic carbocycles. The minimum absolute atomic E-state index is 0.210. The first-order valence-corrected chi connectivity index (χ1v) is 5.96. The Hall–Kier alpha value is -1.49. The number of hydrogen-bond acceptors (Lipinski definition) is 3. The van der Waals surface area contributed by atoms with Gasteiger partial charge in [-0.05, 0) is 19.9 Å². The quantitative estimate of drug-likeness (QED) is 0.819. The van der Waals surface area contributed by atoms with Gasteiger partial charge in [0.2, 0.25) is 0 Å². The van der Waals surface area contributed by atoms with Crippen LogP contribution < -0.4 is 10.2 Å². The van der Waals surface area contributed by atoms with Gasteiger partial charge in [0.15, 0.2) is 6.29 Å². The van der Waals surface area contributed by atoms with Crippen LogP contribution in [0.4, 0.5) is 14.5 Å². The minimum Gasteiger partial charge on any atom is -0.366 e. The number of anilines is 1. The van der Waals surface area contributed by atoms with Crippen LogP contribution in [0.5, 0.6) is 0 Å². The lowest BCUT2D eigenvalue weighted by Gasteiger charge is -2.37. The highest BCUT2D eigenvalue weighted by Gasteiger charge is 2.24. The molecule has 1 saturated heterocycles. The topological polar surface area (TPSA) is 32.3 Å². The molecule has 1 aromatic rings. The van der Waals surface area contributed by atoms with E-state index in [1.54, 1.807) is 4.90 Å². The van der Waals surface area contributed by atoms with E-state index in [1.807, 2.05) is 13.8 Å². The Kier molecular flexibility index (Phi) is 3.61. The Morgan fingerprint density at radius 1 is 1.22 bits per heavy atom. The van der Waals surface area contributed by atoms with E-state index in [1.165, 1.54) is 0 Å². The van der Waals surface area contributed by atoms with Crippen molar-refractivity contribution in [3.63, 3.8) is 0 Å². The minimum atomic E-state index is -0.680. The van der Waals surface area contributed by atoms with Gasteiger partial charge in [-0.2, -0.15) is 0 Å². The van der Waals surface area contributed by atoms with Gasteiger partial charge in [-0.15, -0.1) is 0 Å². The van der Waals surface area contributed by atoms with Crippen molar-refractivity contribution >= 4 is 12.0 Å². The van der Waals surface area contributed by atoms with Crippen LogP contribution in [0.3, 0.4) is 0 Å². The summed E-state index contributed by atoms with van der Waals surface area (Å²) in [6.07, 6.45) is 0.325. The molecule has 0 radical (unpaired) electrons. The Balaban J connectivity index is 2.33. The zero-order valence-electron chi connectivity index (χ0n) is 10.4. The van der Waals surface area contributed by atoms with E-state index in [0.717, 1.165) is 12.1 Å². The number of benzene rings is 1. The molecule has 0 spiro atoms. The maximum Gasteiger partial charge on any atom is 0.153 e. The molecule has 18 heavy (non-hydrogen) atoms. The monoisotopic (exact) mass is 254 g/mol. The Morgan fingerprint density at radius 3 is 2.39 bits per heavy atom. The molecular formula is C13H16F2N2O. The fourth-order valence-corrected chi connectivity index (χ4v) is 2.41. The molecule has 2 unspecified atom stereocenters. The largest absolute Gasteiger partial charge is 0.366 e. The third-order valence-electron chi connectivity index (χ3n) is 3.09. The van der Waals surface area contributed by atoms with Crippen molar-refractivity contribution in [2.75, 3.05) is 18.0 Å². The maximum absolute atomic E-state index is 13.9. The van der Waals surface area contributed by atoms with Crippen molar-refractivity contribution in [2.45, 2.75) is 25.9 Å². The molecular weight excluding hydrogens is 238 g/mol. The summed E-state index contributed by atoms with van der Waals surface area (Å²) in [7, 11) is 0. The van der Waals surface area contributed by atoms with Gasteiger partial charge in [0.05, 0.1) is 11.3 Å². The zero-order valence-corrected chi connectivity index (χ0v) is 10.4. The van der Waals surface area contributed by atoms with E-state index in [2.05, 4.69) is 5.32 Å². The number of piperazine rings is 1. The van der Waals surface area contributed by atoms with Crippen molar-refractivity contribution in [1.29, 1.82) is 0 Å². The third kappa shape index (κ3) is 2.51. The number of carbonyl (C=O) groups is 1. The molecule has 0 aromatic heterocycles. The highest BCUT2D eigenvalue weighted by atomic mass is 19.1. The molecule has 0 bridgehead atoms. The number of nitrogens with zero attached hydrogens (tertiary/aromatic N) is 1. The molecule has 3 nitrogen and oxygen atoms in total. The molecule has 1 N–H and O–H groups in total. The first-order chi connectivity index (χ1) is 8.51. The van der Waals surface area contributed by atoms with E-state index < -0.39 is 11.6 Å². The number of carbonyl (C=O) groups excluding carboxylic acids is 1. The van der Waals surface area contributed by atoms with Crippen LogP contribution in [0.1, 0.15) is 24.2 Å². The van der Waals surface area contributed by atoms with E-state index in [9.17, 15) is 13.6 Å². The van der Waals surface area contributed by atoms with Gasteiger partial charge in [0.25, 0.3) is 0 Å². The van der Waals surface area contributed by atoms with Crippen LogP contribution in [0.25, 0.3) is 0 Å². The van der Waals surface area contributed by atoms with Crippen LogP contribution in [0.15, 0.2) is 12.1 Å². The average Bonchev–Trinajstić information content (AvgIpc) is 2.30. The lowest BCUT2D eigenvalue weighted by molar-refractivity contribution is 0.111. The summed E-state index contributed by atoms with van der Waals surface area (Å²) in [5.74, 6) is -1.24. The van der Waals surface area contributed by atoms with Gasteiger partial charge < -0.3 is 10.2 Å². The first-order valence-electron chi connectivity index (χ1n) is 5.96. The fraction of sp³-hybridized carbons (Fsp3) is 0.462. The number of nitrogens with one attached hydrogen (secondary N) is 1. The Morgan fingerprint density at radius 2 is 1.83 bits per heavy atom. The van der Waals surface area contributed by atoms with E-state index in [0.29, 0.717) is 19.4 Å². The van der Waals surface area contributed by atoms with Crippen LogP contribution in [-0.4, -0.2) is 31.5 Å². The predicted molar refractivity (Wildman–Crippen MR) is 66.0 cm³/mol. The van der Waals surface area contributed by atoms with Crippen molar-refractivity contribution in [2.24, 2.45) is 0 Å².